The largest absolute Gasteiger partial charge is 0.527 e. The van der Waals surface area contributed by atoms with Gasteiger partial charge in [-0.1, -0.05) is 0 Å². The Morgan fingerprint density at radius 3 is 2.13 bits per heavy atom. The Morgan fingerprint density at radius 1 is 1.33 bits per heavy atom. The minimum atomic E-state index is -5.00. The second kappa shape index (κ2) is 5.55. The van der Waals surface area contributed by atoms with Crippen LogP contribution in [0.4, 0.5) is 0 Å². The molecule has 0 amide bonds. The predicted molar refractivity (Wildman–Crippen MR) is 46.4 cm³/mol. The van der Waals surface area contributed by atoms with Gasteiger partial charge in [0.1, 0.15) is 0 Å². The van der Waals surface area contributed by atoms with Crippen LogP contribution in [-0.4, -0.2) is 49.4 Å². The van der Waals surface area contributed by atoms with Crippen LogP contribution in [0.2, 0.25) is 0 Å². The van der Waals surface area contributed by atoms with Gasteiger partial charge in [-0.25, -0.2) is 9.36 Å². The molecule has 0 spiro atoms. The Morgan fingerprint density at radius 2 is 1.80 bits per heavy atom. The molecule has 0 aliphatic carbocycles. The molecule has 0 radical (unpaired) electrons. The van der Waals surface area contributed by atoms with Crippen LogP contribution in [0.25, 0.3) is 0 Å². The highest BCUT2D eigenvalue weighted by Crippen LogP contribution is 2.36. The molecule has 0 aliphatic rings. The van der Waals surface area contributed by atoms with Crippen molar-refractivity contribution in [2.75, 3.05) is 0 Å². The summed E-state index contributed by atoms with van der Waals surface area (Å²) in [4.78, 5) is 27.2. The molecule has 5 N–H and O–H groups in total. The molecule has 3 atom stereocenters. The maximum Gasteiger partial charge on any atom is 0.527 e. The quantitative estimate of drug-likeness (QED) is 0.353. The number of hydrogen-bond acceptors (Lipinski definition) is 6. The molecular weight excluding hydrogens is 231 g/mol. The molecule has 0 fully saturated rings. The van der Waals surface area contributed by atoms with Crippen LogP contribution in [0, 0.1) is 0 Å². The van der Waals surface area contributed by atoms with E-state index in [1.807, 2.05) is 0 Å². The molecular formula is C6H13O8P. The lowest BCUT2D eigenvalue weighted by atomic mass is 10.1. The van der Waals surface area contributed by atoms with Crippen LogP contribution in [-0.2, 0) is 13.9 Å². The van der Waals surface area contributed by atoms with Crippen molar-refractivity contribution in [1.82, 2.24) is 0 Å². The summed E-state index contributed by atoms with van der Waals surface area (Å²) in [7, 11) is -5.00. The van der Waals surface area contributed by atoms with Gasteiger partial charge >= 0.3 is 13.8 Å². The van der Waals surface area contributed by atoms with Gasteiger partial charge in [0, 0.05) is 6.42 Å². The molecule has 90 valence electrons. The molecule has 0 unspecified atom stereocenters. The van der Waals surface area contributed by atoms with E-state index in [2.05, 4.69) is 4.52 Å². The summed E-state index contributed by atoms with van der Waals surface area (Å²) >= 11 is 0. The zero-order valence-electron chi connectivity index (χ0n) is 7.85. The number of carbonyl (C=O) groups is 1. The summed E-state index contributed by atoms with van der Waals surface area (Å²) < 4.78 is 13.8. The van der Waals surface area contributed by atoms with Crippen molar-refractivity contribution in [3.05, 3.63) is 0 Å². The average molecular weight is 244 g/mol. The molecule has 0 saturated carbocycles. The summed E-state index contributed by atoms with van der Waals surface area (Å²) in [5.74, 6) is -1.55. The molecule has 0 heterocycles. The highest BCUT2D eigenvalue weighted by molar-refractivity contribution is 7.46. The Kier molecular flexibility index (Phi) is 5.36. The first-order chi connectivity index (χ1) is 6.63. The van der Waals surface area contributed by atoms with E-state index >= 15 is 0 Å². The Balaban J connectivity index is 4.17. The molecule has 15 heavy (non-hydrogen) atoms. The fraction of sp³-hybridized carbons (Fsp3) is 0.833. The molecule has 0 bridgehead atoms. The number of phosphoric acid groups is 1. The summed E-state index contributed by atoms with van der Waals surface area (Å²) in [5, 5.41) is 26.9. The zero-order valence-corrected chi connectivity index (χ0v) is 8.74. The number of hydrogen-bond donors (Lipinski definition) is 5. The third-order valence-corrected chi connectivity index (χ3v) is 1.92. The van der Waals surface area contributed by atoms with Crippen molar-refractivity contribution in [3.63, 3.8) is 0 Å². The molecule has 0 aromatic rings. The SMILES string of the molecule is C[C@@H](O)[C@@H](O)C[C@@H](O)C(=O)OP(=O)(O)O. The molecule has 0 aromatic carbocycles. The molecule has 0 aromatic heterocycles. The van der Waals surface area contributed by atoms with Gasteiger partial charge in [-0.05, 0) is 6.92 Å². The van der Waals surface area contributed by atoms with Crippen LogP contribution < -0.4 is 0 Å². The number of aliphatic hydroxyl groups excluding tert-OH is 3. The Labute approximate surface area is 85.4 Å². The minimum absolute atomic E-state index is 0.573. The van der Waals surface area contributed by atoms with E-state index in [0.717, 1.165) is 0 Å². The fourth-order valence-corrected chi connectivity index (χ4v) is 1.06. The molecule has 0 aliphatic heterocycles. The highest BCUT2D eigenvalue weighted by atomic mass is 31.2. The number of aliphatic hydroxyl groups is 3. The smallest absolute Gasteiger partial charge is 0.391 e. The van der Waals surface area contributed by atoms with Crippen LogP contribution in [0.15, 0.2) is 0 Å². The minimum Gasteiger partial charge on any atom is -0.391 e. The van der Waals surface area contributed by atoms with Gasteiger partial charge in [0.2, 0.25) is 0 Å². The highest BCUT2D eigenvalue weighted by Gasteiger charge is 2.28. The lowest BCUT2D eigenvalue weighted by molar-refractivity contribution is -0.147. The van der Waals surface area contributed by atoms with Crippen molar-refractivity contribution in [2.45, 2.75) is 31.7 Å². The number of carbonyl (C=O) groups excluding carboxylic acids is 1. The van der Waals surface area contributed by atoms with E-state index in [0.29, 0.717) is 0 Å². The van der Waals surface area contributed by atoms with Gasteiger partial charge in [-0.3, -0.25) is 9.79 Å². The van der Waals surface area contributed by atoms with Crippen molar-refractivity contribution in [1.29, 1.82) is 0 Å². The molecule has 0 rings (SSSR count). The van der Waals surface area contributed by atoms with E-state index in [-0.39, 0.29) is 0 Å². The monoisotopic (exact) mass is 244 g/mol. The van der Waals surface area contributed by atoms with Crippen molar-refractivity contribution in [3.8, 4) is 0 Å². The van der Waals surface area contributed by atoms with Crippen LogP contribution in [0.3, 0.4) is 0 Å². The topological polar surface area (TPSA) is 145 Å². The van der Waals surface area contributed by atoms with Crippen molar-refractivity contribution in [2.24, 2.45) is 0 Å². The van der Waals surface area contributed by atoms with Crippen LogP contribution >= 0.6 is 7.82 Å². The van der Waals surface area contributed by atoms with E-state index in [1.165, 1.54) is 6.92 Å². The van der Waals surface area contributed by atoms with E-state index in [1.54, 1.807) is 0 Å². The van der Waals surface area contributed by atoms with Gasteiger partial charge in [-0.15, -0.1) is 0 Å². The standard InChI is InChI=1S/C6H13O8P/c1-3(7)4(8)2-5(9)6(10)14-15(11,12)13/h3-5,7-9H,2H2,1H3,(H2,11,12,13)/t3-,4+,5-/m1/s1. The zero-order chi connectivity index (χ0) is 12.2. The lowest BCUT2D eigenvalue weighted by Crippen LogP contribution is -2.32. The second-order valence-electron chi connectivity index (χ2n) is 2.96. The maximum absolute atomic E-state index is 10.8. The first kappa shape index (κ1) is 14.5. The summed E-state index contributed by atoms with van der Waals surface area (Å²) in [6.07, 6.45) is -5.04. The summed E-state index contributed by atoms with van der Waals surface area (Å²) in [6, 6.07) is 0. The maximum atomic E-state index is 10.8. The third-order valence-electron chi connectivity index (χ3n) is 1.50. The molecule has 9 heteroatoms. The van der Waals surface area contributed by atoms with Crippen molar-refractivity contribution >= 4 is 13.8 Å². The van der Waals surface area contributed by atoms with E-state index in [9.17, 15) is 9.36 Å². The van der Waals surface area contributed by atoms with Gasteiger partial charge in [0.15, 0.2) is 6.10 Å². The number of phosphoric ester groups is 1. The third kappa shape index (κ3) is 6.56. The molecule has 8 nitrogen and oxygen atoms in total. The Hall–Kier alpha value is -0.500. The fourth-order valence-electron chi connectivity index (χ4n) is 0.700. The van der Waals surface area contributed by atoms with Crippen molar-refractivity contribution < 1.29 is 39.0 Å². The first-order valence-corrected chi connectivity index (χ1v) is 5.49. The Bertz CT molecular complexity index is 258. The second-order valence-corrected chi connectivity index (χ2v) is 4.12. The van der Waals surface area contributed by atoms with Gasteiger partial charge in [0.25, 0.3) is 0 Å². The van der Waals surface area contributed by atoms with E-state index in [4.69, 9.17) is 25.1 Å². The number of rotatable bonds is 5. The van der Waals surface area contributed by atoms with Gasteiger partial charge in [0.05, 0.1) is 12.2 Å². The average Bonchev–Trinajstić information content (AvgIpc) is 2.00. The van der Waals surface area contributed by atoms with Gasteiger partial charge < -0.3 is 19.8 Å². The first-order valence-electron chi connectivity index (χ1n) is 3.96. The van der Waals surface area contributed by atoms with E-state index < -0.39 is 38.5 Å². The lowest BCUT2D eigenvalue weighted by Gasteiger charge is -2.16. The van der Waals surface area contributed by atoms with Crippen LogP contribution in [0.1, 0.15) is 13.3 Å². The summed E-state index contributed by atoms with van der Waals surface area (Å²) in [6.45, 7) is 1.23. The normalized spacial score (nSPS) is 18.0. The predicted octanol–water partition coefficient (Wildman–Crippen LogP) is -1.89. The van der Waals surface area contributed by atoms with Crippen LogP contribution in [0.5, 0.6) is 0 Å². The van der Waals surface area contributed by atoms with Gasteiger partial charge in [-0.2, -0.15) is 0 Å². The summed E-state index contributed by atoms with van der Waals surface area (Å²) in [5.41, 5.74) is 0. The molecule has 0 saturated heterocycles.